The molecule has 0 radical (unpaired) electrons. The van der Waals surface area contributed by atoms with E-state index in [2.05, 4.69) is 15.6 Å². The maximum Gasteiger partial charge on any atom is 0.338 e. The first-order valence-corrected chi connectivity index (χ1v) is 8.22. The molecule has 0 amide bonds. The summed E-state index contributed by atoms with van der Waals surface area (Å²) in [5.41, 5.74) is 2.98. The van der Waals surface area contributed by atoms with Crippen molar-refractivity contribution in [3.05, 3.63) is 65.4 Å². The molecule has 3 rings (SSSR count). The van der Waals surface area contributed by atoms with Gasteiger partial charge in [-0.15, -0.1) is 0 Å². The van der Waals surface area contributed by atoms with Crippen LogP contribution in [0.5, 0.6) is 0 Å². The molecule has 0 aliphatic carbocycles. The van der Waals surface area contributed by atoms with Crippen molar-refractivity contribution in [1.29, 1.82) is 0 Å². The van der Waals surface area contributed by atoms with Gasteiger partial charge in [-0.25, -0.2) is 9.18 Å². The summed E-state index contributed by atoms with van der Waals surface area (Å²) in [4.78, 5) is 17.0. The lowest BCUT2D eigenvalue weighted by molar-refractivity contribution is -0.139. The van der Waals surface area contributed by atoms with E-state index in [-0.39, 0.29) is 5.82 Å². The van der Waals surface area contributed by atoms with E-state index < -0.39 is 12.0 Å². The van der Waals surface area contributed by atoms with Gasteiger partial charge in [0.2, 0.25) is 0 Å². The van der Waals surface area contributed by atoms with E-state index in [1.165, 1.54) is 12.1 Å². The molecular weight excluding hydrogens is 321 g/mol. The van der Waals surface area contributed by atoms with Crippen LogP contribution in [0.3, 0.4) is 0 Å². The predicted octanol–water partition coefficient (Wildman–Crippen LogP) is 4.03. The van der Waals surface area contributed by atoms with Gasteiger partial charge in [-0.1, -0.05) is 13.0 Å². The molecule has 5 nitrogen and oxygen atoms in total. The molecule has 6 heteroatoms. The number of nitrogens with one attached hydrogen (secondary N) is 2. The highest BCUT2D eigenvalue weighted by atomic mass is 19.1. The maximum absolute atomic E-state index is 13.6. The van der Waals surface area contributed by atoms with Crippen molar-refractivity contribution in [2.24, 2.45) is 0 Å². The number of allylic oxidation sites excluding steroid dienone is 1. The van der Waals surface area contributed by atoms with Crippen LogP contribution in [0.15, 0.2) is 53.9 Å². The average molecular weight is 341 g/mol. The fraction of sp³-hybridized carbons (Fsp3) is 0.263. The van der Waals surface area contributed by atoms with Crippen molar-refractivity contribution in [2.75, 3.05) is 17.2 Å². The lowest BCUT2D eigenvalue weighted by Crippen LogP contribution is -2.23. The number of benzene rings is 1. The Morgan fingerprint density at radius 1 is 1.28 bits per heavy atom. The number of ether oxygens (including phenoxy) is 1. The van der Waals surface area contributed by atoms with Gasteiger partial charge >= 0.3 is 5.97 Å². The number of halogens is 1. The van der Waals surface area contributed by atoms with Crippen molar-refractivity contribution in [3.63, 3.8) is 0 Å². The number of rotatable bonds is 4. The number of pyridine rings is 1. The molecule has 1 unspecified atom stereocenters. The lowest BCUT2D eigenvalue weighted by Gasteiger charge is -2.21. The minimum Gasteiger partial charge on any atom is -0.462 e. The minimum absolute atomic E-state index is 0.339. The van der Waals surface area contributed by atoms with Crippen LogP contribution in [0.4, 0.5) is 15.8 Å². The zero-order valence-corrected chi connectivity index (χ0v) is 14.2. The van der Waals surface area contributed by atoms with E-state index in [1.807, 2.05) is 25.1 Å². The zero-order valence-electron chi connectivity index (χ0n) is 14.2. The third-order valence-electron chi connectivity index (χ3n) is 3.94. The molecule has 1 aromatic carbocycles. The van der Waals surface area contributed by atoms with Gasteiger partial charge in [-0.2, -0.15) is 0 Å². The fourth-order valence-electron chi connectivity index (χ4n) is 2.77. The number of esters is 1. The molecule has 0 fully saturated rings. The highest BCUT2D eigenvalue weighted by Gasteiger charge is 2.30. The number of aromatic nitrogens is 1. The summed E-state index contributed by atoms with van der Waals surface area (Å²) < 4.78 is 19.0. The molecule has 1 atom stereocenters. The van der Waals surface area contributed by atoms with Crippen molar-refractivity contribution in [3.8, 4) is 0 Å². The number of hydrogen-bond donors (Lipinski definition) is 2. The summed E-state index contributed by atoms with van der Waals surface area (Å²) in [6, 6.07) is 9.42. The van der Waals surface area contributed by atoms with E-state index in [0.717, 1.165) is 6.42 Å². The molecule has 0 spiro atoms. The fourth-order valence-corrected chi connectivity index (χ4v) is 2.77. The zero-order chi connectivity index (χ0) is 17.8. The Morgan fingerprint density at radius 2 is 2.12 bits per heavy atom. The molecule has 0 saturated carbocycles. The van der Waals surface area contributed by atoms with Crippen molar-refractivity contribution in [2.45, 2.75) is 26.3 Å². The van der Waals surface area contributed by atoms with Crippen LogP contribution in [-0.2, 0) is 9.53 Å². The van der Waals surface area contributed by atoms with E-state index in [0.29, 0.717) is 34.9 Å². The molecule has 2 aromatic rings. The van der Waals surface area contributed by atoms with Gasteiger partial charge in [0.05, 0.1) is 29.2 Å². The summed E-state index contributed by atoms with van der Waals surface area (Å²) in [6.07, 6.45) is 2.41. The normalized spacial score (nSPS) is 16.4. The summed E-state index contributed by atoms with van der Waals surface area (Å²) in [5, 5.41) is 6.41. The minimum atomic E-state index is -0.496. The molecule has 2 N–H and O–H groups in total. The number of nitrogens with zero attached hydrogens (tertiary/aromatic N) is 1. The van der Waals surface area contributed by atoms with E-state index >= 15 is 0 Å². The second-order valence-electron chi connectivity index (χ2n) is 5.82. The standard InChI is InChI=1S/C19H20FN3O2/c1-3-10-25-19(24)17-12(2)22-16-11-13(20)7-8-14(16)23-18(17)15-6-4-5-9-21-15/h4-9,11,18,22-23H,3,10H2,1-2H3. The molecular formula is C19H20FN3O2. The van der Waals surface area contributed by atoms with Crippen LogP contribution < -0.4 is 10.6 Å². The smallest absolute Gasteiger partial charge is 0.338 e. The third kappa shape index (κ3) is 3.63. The third-order valence-corrected chi connectivity index (χ3v) is 3.94. The molecule has 0 saturated heterocycles. The topological polar surface area (TPSA) is 63.2 Å². The van der Waals surface area contributed by atoms with Gasteiger partial charge in [0, 0.05) is 11.9 Å². The molecule has 2 heterocycles. The highest BCUT2D eigenvalue weighted by Crippen LogP contribution is 2.36. The monoisotopic (exact) mass is 341 g/mol. The number of carbonyl (C=O) groups excluding carboxylic acids is 1. The predicted molar refractivity (Wildman–Crippen MR) is 94.6 cm³/mol. The largest absolute Gasteiger partial charge is 0.462 e. The van der Waals surface area contributed by atoms with Crippen LogP contribution in [0.25, 0.3) is 0 Å². The summed E-state index contributed by atoms with van der Waals surface area (Å²) in [6.45, 7) is 4.05. The molecule has 130 valence electrons. The molecule has 25 heavy (non-hydrogen) atoms. The first kappa shape index (κ1) is 17.0. The number of hydrogen-bond acceptors (Lipinski definition) is 5. The Morgan fingerprint density at radius 3 is 2.84 bits per heavy atom. The summed E-state index contributed by atoms with van der Waals surface area (Å²) >= 11 is 0. The number of anilines is 2. The van der Waals surface area contributed by atoms with Crippen molar-refractivity contribution >= 4 is 17.3 Å². The van der Waals surface area contributed by atoms with E-state index in [9.17, 15) is 9.18 Å². The summed E-state index contributed by atoms with van der Waals surface area (Å²) in [5.74, 6) is -0.768. The first-order chi connectivity index (χ1) is 12.1. The van der Waals surface area contributed by atoms with Gasteiger partial charge in [0.1, 0.15) is 11.9 Å². The Kier molecular flexibility index (Phi) is 4.97. The van der Waals surface area contributed by atoms with E-state index in [1.54, 1.807) is 19.2 Å². The van der Waals surface area contributed by atoms with E-state index in [4.69, 9.17) is 4.74 Å². The van der Waals surface area contributed by atoms with Crippen molar-refractivity contribution < 1.29 is 13.9 Å². The van der Waals surface area contributed by atoms with Crippen molar-refractivity contribution in [1.82, 2.24) is 4.98 Å². The molecule has 1 aliphatic heterocycles. The van der Waals surface area contributed by atoms with Gasteiger partial charge in [-0.05, 0) is 43.7 Å². The SMILES string of the molecule is CCCOC(=O)C1=C(C)Nc2cc(F)ccc2NC1c1ccccn1. The Labute approximate surface area is 145 Å². The van der Waals surface area contributed by atoms with Crippen LogP contribution in [0.2, 0.25) is 0 Å². The Balaban J connectivity index is 2.07. The van der Waals surface area contributed by atoms with Crippen LogP contribution in [-0.4, -0.2) is 17.6 Å². The highest BCUT2D eigenvalue weighted by molar-refractivity contribution is 5.94. The average Bonchev–Trinajstić information content (AvgIpc) is 2.75. The van der Waals surface area contributed by atoms with Gasteiger partial charge in [0.15, 0.2) is 0 Å². The maximum atomic E-state index is 13.6. The van der Waals surface area contributed by atoms with Gasteiger partial charge < -0.3 is 15.4 Å². The Bertz CT molecular complexity index is 806. The second-order valence-corrected chi connectivity index (χ2v) is 5.82. The second kappa shape index (κ2) is 7.34. The quantitative estimate of drug-likeness (QED) is 0.822. The van der Waals surface area contributed by atoms with Gasteiger partial charge in [0.25, 0.3) is 0 Å². The molecule has 1 aliphatic rings. The van der Waals surface area contributed by atoms with Crippen LogP contribution in [0.1, 0.15) is 32.0 Å². The lowest BCUT2D eigenvalue weighted by atomic mass is 10.0. The van der Waals surface area contributed by atoms with Crippen LogP contribution in [0, 0.1) is 5.82 Å². The number of carbonyl (C=O) groups is 1. The number of fused-ring (bicyclic) bond motifs is 1. The molecule has 1 aromatic heterocycles. The van der Waals surface area contributed by atoms with Crippen LogP contribution >= 0.6 is 0 Å². The van der Waals surface area contributed by atoms with Gasteiger partial charge in [-0.3, -0.25) is 4.98 Å². The molecule has 0 bridgehead atoms. The summed E-state index contributed by atoms with van der Waals surface area (Å²) in [7, 11) is 0. The first-order valence-electron chi connectivity index (χ1n) is 8.22. The Hall–Kier alpha value is -2.89.